The fraction of sp³-hybridized carbons (Fsp3) is 0. The van der Waals surface area contributed by atoms with E-state index < -0.39 is 12.1 Å². The standard InChI is InChI=1S/C16H11Cl2N3O3/c17-9-4-6-11(12(18)8-9)13-7-5-10(24-13)2-1-3-14-19-15(22)21-16(23)20-14/h1-8H,(H3,19,20,21,22,23). The summed E-state index contributed by atoms with van der Waals surface area (Å²) in [4.78, 5) is 22.3. The van der Waals surface area contributed by atoms with E-state index in [2.05, 4.69) is 10.6 Å². The number of carbonyl (C=O) groups excluding carboxylic acids is 2. The summed E-state index contributed by atoms with van der Waals surface area (Å²) in [7, 11) is 0. The van der Waals surface area contributed by atoms with Crippen molar-refractivity contribution in [2.24, 2.45) is 0 Å². The van der Waals surface area contributed by atoms with Crippen LogP contribution in [0.2, 0.25) is 10.0 Å². The second-order valence-electron chi connectivity index (χ2n) is 4.80. The van der Waals surface area contributed by atoms with Crippen molar-refractivity contribution in [2.75, 3.05) is 0 Å². The van der Waals surface area contributed by atoms with Gasteiger partial charge >= 0.3 is 12.1 Å². The van der Waals surface area contributed by atoms with Gasteiger partial charge in [-0.05, 0) is 42.5 Å². The molecule has 1 aliphatic heterocycles. The normalized spacial score (nSPS) is 14.3. The Bertz CT molecular complexity index is 853. The molecule has 0 spiro atoms. The molecule has 1 fully saturated rings. The van der Waals surface area contributed by atoms with E-state index in [4.69, 9.17) is 27.6 Å². The molecule has 0 atom stereocenters. The maximum Gasteiger partial charge on any atom is 0.328 e. The largest absolute Gasteiger partial charge is 0.457 e. The number of hydrogen-bond acceptors (Lipinski definition) is 3. The molecule has 0 bridgehead atoms. The maximum absolute atomic E-state index is 11.1. The van der Waals surface area contributed by atoms with Crippen LogP contribution in [-0.2, 0) is 0 Å². The van der Waals surface area contributed by atoms with E-state index in [-0.39, 0.29) is 5.82 Å². The Labute approximate surface area is 147 Å². The smallest absolute Gasteiger partial charge is 0.328 e. The molecule has 0 unspecified atom stereocenters. The van der Waals surface area contributed by atoms with Crippen molar-refractivity contribution in [2.45, 2.75) is 0 Å². The first-order valence-electron chi connectivity index (χ1n) is 6.84. The molecule has 3 N–H and O–H groups in total. The Morgan fingerprint density at radius 1 is 0.958 bits per heavy atom. The lowest BCUT2D eigenvalue weighted by molar-refractivity contribution is 0.224. The van der Waals surface area contributed by atoms with Gasteiger partial charge in [0.2, 0.25) is 0 Å². The number of urea groups is 2. The topological polar surface area (TPSA) is 83.4 Å². The molecule has 4 amide bonds. The molecule has 2 aromatic rings. The summed E-state index contributed by atoms with van der Waals surface area (Å²) in [5.74, 6) is 1.46. The Hall–Kier alpha value is -2.70. The molecule has 1 aliphatic rings. The quantitative estimate of drug-likeness (QED) is 0.766. The van der Waals surface area contributed by atoms with Crippen molar-refractivity contribution in [1.82, 2.24) is 16.0 Å². The fourth-order valence-electron chi connectivity index (χ4n) is 2.04. The molecule has 6 nitrogen and oxygen atoms in total. The van der Waals surface area contributed by atoms with Gasteiger partial charge in [0.15, 0.2) is 0 Å². The summed E-state index contributed by atoms with van der Waals surface area (Å²) in [5.41, 5.74) is 0.733. The van der Waals surface area contributed by atoms with E-state index >= 15 is 0 Å². The third-order valence-corrected chi connectivity index (χ3v) is 3.62. The Kier molecular flexibility index (Phi) is 4.59. The highest BCUT2D eigenvalue weighted by Gasteiger charge is 2.16. The van der Waals surface area contributed by atoms with Gasteiger partial charge in [-0.1, -0.05) is 29.3 Å². The third-order valence-electron chi connectivity index (χ3n) is 3.07. The van der Waals surface area contributed by atoms with Gasteiger partial charge in [0.05, 0.1) is 5.02 Å². The number of furan rings is 1. The average Bonchev–Trinajstić information content (AvgIpc) is 2.95. The number of allylic oxidation sites excluding steroid dienone is 2. The predicted octanol–water partition coefficient (Wildman–Crippen LogP) is 4.13. The van der Waals surface area contributed by atoms with Crippen LogP contribution in [0.3, 0.4) is 0 Å². The molecule has 1 aromatic carbocycles. The van der Waals surface area contributed by atoms with Gasteiger partial charge in [-0.15, -0.1) is 0 Å². The van der Waals surface area contributed by atoms with Gasteiger partial charge < -0.3 is 4.42 Å². The minimum Gasteiger partial charge on any atom is -0.457 e. The van der Waals surface area contributed by atoms with Crippen molar-refractivity contribution in [1.29, 1.82) is 0 Å². The van der Waals surface area contributed by atoms with Crippen molar-refractivity contribution < 1.29 is 14.0 Å². The lowest BCUT2D eigenvalue weighted by Crippen LogP contribution is -2.53. The van der Waals surface area contributed by atoms with Crippen LogP contribution in [0.1, 0.15) is 5.76 Å². The van der Waals surface area contributed by atoms with Gasteiger partial charge in [0, 0.05) is 10.6 Å². The predicted molar refractivity (Wildman–Crippen MR) is 91.5 cm³/mol. The molecule has 24 heavy (non-hydrogen) atoms. The zero-order valence-corrected chi connectivity index (χ0v) is 13.6. The number of hydrogen-bond donors (Lipinski definition) is 3. The summed E-state index contributed by atoms with van der Waals surface area (Å²) >= 11 is 12.0. The van der Waals surface area contributed by atoms with Gasteiger partial charge in [0.25, 0.3) is 0 Å². The SMILES string of the molecule is O=C1NC(=O)NC(=CC=Cc2ccc(-c3ccc(Cl)cc3Cl)o2)N1. The van der Waals surface area contributed by atoms with Crippen LogP contribution in [0.5, 0.6) is 0 Å². The van der Waals surface area contributed by atoms with Crippen LogP contribution in [0.4, 0.5) is 9.59 Å². The number of halogens is 2. The number of imide groups is 1. The zero-order valence-electron chi connectivity index (χ0n) is 12.1. The van der Waals surface area contributed by atoms with Crippen LogP contribution in [0, 0.1) is 0 Å². The highest BCUT2D eigenvalue weighted by Crippen LogP contribution is 2.31. The van der Waals surface area contributed by atoms with Gasteiger partial charge in [-0.3, -0.25) is 16.0 Å². The van der Waals surface area contributed by atoms with E-state index in [9.17, 15) is 9.59 Å². The van der Waals surface area contributed by atoms with Crippen molar-refractivity contribution in [3.63, 3.8) is 0 Å². The first kappa shape index (κ1) is 16.2. The molecule has 0 aliphatic carbocycles. The molecule has 3 rings (SSSR count). The number of amides is 4. The van der Waals surface area contributed by atoms with Crippen LogP contribution < -0.4 is 16.0 Å². The van der Waals surface area contributed by atoms with Gasteiger partial charge in [-0.2, -0.15) is 0 Å². The Morgan fingerprint density at radius 2 is 1.71 bits per heavy atom. The summed E-state index contributed by atoms with van der Waals surface area (Å²) in [6.45, 7) is 0. The molecule has 1 saturated heterocycles. The van der Waals surface area contributed by atoms with E-state index in [1.54, 1.807) is 42.5 Å². The maximum atomic E-state index is 11.1. The number of rotatable bonds is 3. The molecule has 122 valence electrons. The first-order valence-corrected chi connectivity index (χ1v) is 7.59. The molecular formula is C16H11Cl2N3O3. The summed E-state index contributed by atoms with van der Waals surface area (Å²) < 4.78 is 5.69. The van der Waals surface area contributed by atoms with E-state index in [1.807, 2.05) is 5.32 Å². The second kappa shape index (κ2) is 6.82. The van der Waals surface area contributed by atoms with Crippen molar-refractivity contribution in [3.8, 4) is 11.3 Å². The summed E-state index contributed by atoms with van der Waals surface area (Å²) in [6, 6.07) is 7.54. The lowest BCUT2D eigenvalue weighted by Gasteiger charge is -2.16. The van der Waals surface area contributed by atoms with Crippen molar-refractivity contribution >= 4 is 41.3 Å². The Morgan fingerprint density at radius 3 is 2.42 bits per heavy atom. The van der Waals surface area contributed by atoms with Crippen LogP contribution in [0.15, 0.2) is 52.7 Å². The monoisotopic (exact) mass is 363 g/mol. The summed E-state index contributed by atoms with van der Waals surface area (Å²) in [6.07, 6.45) is 4.85. The number of carbonyl (C=O) groups is 2. The average molecular weight is 364 g/mol. The number of nitrogens with one attached hydrogen (secondary N) is 3. The summed E-state index contributed by atoms with van der Waals surface area (Å²) in [5, 5.41) is 7.98. The molecule has 2 heterocycles. The van der Waals surface area contributed by atoms with Gasteiger partial charge in [0.1, 0.15) is 17.3 Å². The van der Waals surface area contributed by atoms with Gasteiger partial charge in [-0.25, -0.2) is 9.59 Å². The van der Waals surface area contributed by atoms with Crippen LogP contribution in [0.25, 0.3) is 17.4 Å². The zero-order chi connectivity index (χ0) is 17.1. The van der Waals surface area contributed by atoms with Crippen molar-refractivity contribution in [3.05, 3.63) is 64.1 Å². The Balaban J connectivity index is 1.74. The molecule has 1 aromatic heterocycles. The highest BCUT2D eigenvalue weighted by atomic mass is 35.5. The van der Waals surface area contributed by atoms with Crippen LogP contribution >= 0.6 is 23.2 Å². The third kappa shape index (κ3) is 3.79. The minimum absolute atomic E-state index is 0.271. The van der Waals surface area contributed by atoms with Crippen LogP contribution in [-0.4, -0.2) is 12.1 Å². The molecule has 0 saturated carbocycles. The first-order chi connectivity index (χ1) is 11.5. The highest BCUT2D eigenvalue weighted by molar-refractivity contribution is 6.36. The second-order valence-corrected chi connectivity index (χ2v) is 5.64. The van der Waals surface area contributed by atoms with E-state index in [0.717, 1.165) is 5.56 Å². The van der Waals surface area contributed by atoms with E-state index in [1.165, 1.54) is 6.08 Å². The molecule has 0 radical (unpaired) electrons. The molecular weight excluding hydrogens is 353 g/mol. The fourth-order valence-corrected chi connectivity index (χ4v) is 2.54. The molecule has 8 heteroatoms. The number of benzene rings is 1. The minimum atomic E-state index is -0.587. The van der Waals surface area contributed by atoms with E-state index in [0.29, 0.717) is 21.6 Å². The lowest BCUT2D eigenvalue weighted by atomic mass is 10.2.